The lowest BCUT2D eigenvalue weighted by Gasteiger charge is -2.36. The van der Waals surface area contributed by atoms with Crippen molar-refractivity contribution in [1.29, 1.82) is 0 Å². The highest BCUT2D eigenvalue weighted by Crippen LogP contribution is 2.21. The Morgan fingerprint density at radius 3 is 2.50 bits per heavy atom. The molecular formula is C21H23ClN2O4. The Balaban J connectivity index is 1.45. The monoisotopic (exact) mass is 402 g/mol. The molecule has 0 aliphatic carbocycles. The van der Waals surface area contributed by atoms with Crippen LogP contribution >= 0.6 is 11.6 Å². The molecule has 0 saturated carbocycles. The Hall–Kier alpha value is -2.73. The van der Waals surface area contributed by atoms with Crippen molar-refractivity contribution in [2.24, 2.45) is 0 Å². The van der Waals surface area contributed by atoms with E-state index in [0.717, 1.165) is 11.3 Å². The number of hydrogen-bond acceptors (Lipinski definition) is 5. The summed E-state index contributed by atoms with van der Waals surface area (Å²) >= 11 is 6.04. The van der Waals surface area contributed by atoms with Gasteiger partial charge in [0, 0.05) is 42.5 Å². The van der Waals surface area contributed by atoms with Gasteiger partial charge in [0.25, 0.3) is 5.91 Å². The first-order valence-electron chi connectivity index (χ1n) is 9.12. The maximum absolute atomic E-state index is 12.4. The Morgan fingerprint density at radius 2 is 1.79 bits per heavy atom. The van der Waals surface area contributed by atoms with Crippen molar-refractivity contribution in [1.82, 2.24) is 4.90 Å². The first-order valence-corrected chi connectivity index (χ1v) is 9.50. The van der Waals surface area contributed by atoms with Gasteiger partial charge >= 0.3 is 5.97 Å². The van der Waals surface area contributed by atoms with Crippen molar-refractivity contribution in [2.45, 2.75) is 6.42 Å². The zero-order chi connectivity index (χ0) is 19.9. The molecule has 1 aliphatic heterocycles. The topological polar surface area (TPSA) is 59.1 Å². The molecule has 0 aromatic heterocycles. The predicted molar refractivity (Wildman–Crippen MR) is 108 cm³/mol. The van der Waals surface area contributed by atoms with Gasteiger partial charge in [-0.05, 0) is 24.3 Å². The van der Waals surface area contributed by atoms with Crippen molar-refractivity contribution >= 4 is 29.2 Å². The maximum atomic E-state index is 12.4. The van der Waals surface area contributed by atoms with Crippen molar-refractivity contribution < 1.29 is 19.1 Å². The molecular weight excluding hydrogens is 380 g/mol. The molecule has 2 aromatic carbocycles. The first kappa shape index (κ1) is 20.0. The number of carbonyl (C=O) groups is 2. The average Bonchev–Trinajstić information content (AvgIpc) is 2.72. The van der Waals surface area contributed by atoms with Gasteiger partial charge in [0.15, 0.2) is 6.61 Å². The fraction of sp³-hybridized carbons (Fsp3) is 0.333. The zero-order valence-electron chi connectivity index (χ0n) is 15.8. The Morgan fingerprint density at radius 1 is 1.04 bits per heavy atom. The van der Waals surface area contributed by atoms with Crippen LogP contribution in [0.25, 0.3) is 0 Å². The molecule has 1 fully saturated rings. The van der Waals surface area contributed by atoms with E-state index in [-0.39, 0.29) is 18.9 Å². The van der Waals surface area contributed by atoms with E-state index in [1.807, 2.05) is 36.4 Å². The number of rotatable bonds is 6. The third kappa shape index (κ3) is 5.16. The van der Waals surface area contributed by atoms with Crippen LogP contribution in [-0.4, -0.2) is 56.7 Å². The predicted octanol–water partition coefficient (Wildman–Crippen LogP) is 2.78. The van der Waals surface area contributed by atoms with Crippen LogP contribution in [0.2, 0.25) is 5.02 Å². The summed E-state index contributed by atoms with van der Waals surface area (Å²) in [6.07, 6.45) is 0.0693. The second kappa shape index (κ2) is 9.46. The Labute approximate surface area is 169 Å². The summed E-state index contributed by atoms with van der Waals surface area (Å²) in [5.74, 6) is -0.00236. The Kier molecular flexibility index (Phi) is 6.76. The largest absolute Gasteiger partial charge is 0.496 e. The van der Waals surface area contributed by atoms with Crippen molar-refractivity contribution in [2.75, 3.05) is 44.8 Å². The second-order valence-corrected chi connectivity index (χ2v) is 6.93. The van der Waals surface area contributed by atoms with Crippen LogP contribution in [0, 0.1) is 0 Å². The lowest BCUT2D eigenvalue weighted by molar-refractivity contribution is -0.151. The molecule has 1 amide bonds. The molecule has 148 valence electrons. The highest BCUT2D eigenvalue weighted by Gasteiger charge is 2.22. The Bertz CT molecular complexity index is 835. The van der Waals surface area contributed by atoms with Crippen molar-refractivity contribution in [3.63, 3.8) is 0 Å². The SMILES string of the molecule is COc1ccccc1CC(=O)OCC(=O)N1CCN(c2cccc(Cl)c2)CC1. The molecule has 0 unspecified atom stereocenters. The quantitative estimate of drug-likeness (QED) is 0.695. The van der Waals surface area contributed by atoms with Gasteiger partial charge in [0.1, 0.15) is 5.75 Å². The number of hydrogen-bond donors (Lipinski definition) is 0. The lowest BCUT2D eigenvalue weighted by atomic mass is 10.1. The molecule has 1 aliphatic rings. The molecule has 6 nitrogen and oxygen atoms in total. The number of esters is 1. The van der Waals surface area contributed by atoms with Crippen LogP contribution in [-0.2, 0) is 20.7 Å². The zero-order valence-corrected chi connectivity index (χ0v) is 16.5. The number of piperazine rings is 1. The van der Waals surface area contributed by atoms with E-state index in [1.165, 1.54) is 0 Å². The van der Waals surface area contributed by atoms with E-state index in [9.17, 15) is 9.59 Å². The molecule has 28 heavy (non-hydrogen) atoms. The summed E-state index contributed by atoms with van der Waals surface area (Å²) < 4.78 is 10.4. The van der Waals surface area contributed by atoms with Gasteiger partial charge in [-0.2, -0.15) is 0 Å². The molecule has 0 N–H and O–H groups in total. The van der Waals surface area contributed by atoms with Gasteiger partial charge in [-0.25, -0.2) is 0 Å². The minimum Gasteiger partial charge on any atom is -0.496 e. The summed E-state index contributed by atoms with van der Waals surface area (Å²) in [6, 6.07) is 14.9. The fourth-order valence-electron chi connectivity index (χ4n) is 3.18. The van der Waals surface area contributed by atoms with E-state index in [4.69, 9.17) is 21.1 Å². The van der Waals surface area contributed by atoms with Crippen LogP contribution in [0.15, 0.2) is 48.5 Å². The van der Waals surface area contributed by atoms with Crippen molar-refractivity contribution in [3.8, 4) is 5.75 Å². The summed E-state index contributed by atoms with van der Waals surface area (Å²) in [6.45, 7) is 2.33. The average molecular weight is 403 g/mol. The number of nitrogens with zero attached hydrogens (tertiary/aromatic N) is 2. The van der Waals surface area contributed by atoms with Gasteiger partial charge in [-0.15, -0.1) is 0 Å². The van der Waals surface area contributed by atoms with Crippen LogP contribution in [0.3, 0.4) is 0 Å². The van der Waals surface area contributed by atoms with Crippen molar-refractivity contribution in [3.05, 3.63) is 59.1 Å². The summed E-state index contributed by atoms with van der Waals surface area (Å²) in [4.78, 5) is 28.3. The number of carbonyl (C=O) groups excluding carboxylic acids is 2. The van der Waals surface area contributed by atoms with E-state index in [2.05, 4.69) is 4.90 Å². The number of methoxy groups -OCH3 is 1. The molecule has 1 saturated heterocycles. The van der Waals surface area contributed by atoms with Gasteiger partial charge in [0.05, 0.1) is 13.5 Å². The van der Waals surface area contributed by atoms with Gasteiger partial charge in [-0.1, -0.05) is 35.9 Å². The van der Waals surface area contributed by atoms with Crippen LogP contribution in [0.4, 0.5) is 5.69 Å². The summed E-state index contributed by atoms with van der Waals surface area (Å²) in [5, 5.41) is 0.693. The molecule has 3 rings (SSSR count). The highest BCUT2D eigenvalue weighted by molar-refractivity contribution is 6.30. The van der Waals surface area contributed by atoms with Crippen LogP contribution in [0.1, 0.15) is 5.56 Å². The number of halogens is 1. The van der Waals surface area contributed by atoms with Gasteiger partial charge in [0.2, 0.25) is 0 Å². The third-order valence-corrected chi connectivity index (χ3v) is 4.92. The number of ether oxygens (including phenoxy) is 2. The fourth-order valence-corrected chi connectivity index (χ4v) is 3.36. The molecule has 0 spiro atoms. The normalized spacial score (nSPS) is 13.9. The van der Waals surface area contributed by atoms with Crippen LogP contribution < -0.4 is 9.64 Å². The van der Waals surface area contributed by atoms with Gasteiger partial charge < -0.3 is 19.3 Å². The summed E-state index contributed by atoms with van der Waals surface area (Å²) in [7, 11) is 1.55. The molecule has 7 heteroatoms. The minimum absolute atomic E-state index is 0.0693. The molecule has 0 atom stereocenters. The summed E-state index contributed by atoms with van der Waals surface area (Å²) in [5.41, 5.74) is 1.78. The standard InChI is InChI=1S/C21H23ClN2O4/c1-27-19-8-3-2-5-16(19)13-21(26)28-15-20(25)24-11-9-23(10-12-24)18-7-4-6-17(22)14-18/h2-8,14H,9-13,15H2,1H3. The van der Waals surface area contributed by atoms with Gasteiger partial charge in [-0.3, -0.25) is 9.59 Å². The lowest BCUT2D eigenvalue weighted by Crippen LogP contribution is -2.50. The molecule has 0 bridgehead atoms. The van der Waals surface area contributed by atoms with E-state index in [1.54, 1.807) is 24.1 Å². The number of para-hydroxylation sites is 1. The van der Waals surface area contributed by atoms with E-state index in [0.29, 0.717) is 37.0 Å². The minimum atomic E-state index is -0.449. The third-order valence-electron chi connectivity index (χ3n) is 4.69. The molecule has 2 aromatic rings. The first-order chi connectivity index (χ1) is 13.6. The molecule has 1 heterocycles. The number of amides is 1. The maximum Gasteiger partial charge on any atom is 0.310 e. The number of anilines is 1. The van der Waals surface area contributed by atoms with E-state index < -0.39 is 5.97 Å². The highest BCUT2D eigenvalue weighted by atomic mass is 35.5. The second-order valence-electron chi connectivity index (χ2n) is 6.50. The number of benzene rings is 2. The van der Waals surface area contributed by atoms with E-state index >= 15 is 0 Å². The molecule has 0 radical (unpaired) electrons. The van der Waals surface area contributed by atoms with Crippen LogP contribution in [0.5, 0.6) is 5.75 Å². The smallest absolute Gasteiger partial charge is 0.310 e.